The highest BCUT2D eigenvalue weighted by atomic mass is 32.1. The zero-order chi connectivity index (χ0) is 21.7. The quantitative estimate of drug-likeness (QED) is 0.609. The van der Waals surface area contributed by atoms with Crippen LogP contribution in [0.3, 0.4) is 0 Å². The van der Waals surface area contributed by atoms with Crippen molar-refractivity contribution in [1.82, 2.24) is 10.6 Å². The molecule has 0 bridgehead atoms. The first kappa shape index (κ1) is 21.3. The van der Waals surface area contributed by atoms with Gasteiger partial charge in [-0.15, -0.1) is 0 Å². The summed E-state index contributed by atoms with van der Waals surface area (Å²) < 4.78 is 5.32. The lowest BCUT2D eigenvalue weighted by Crippen LogP contribution is -2.45. The second kappa shape index (κ2) is 9.42. The number of nitrogens with one attached hydrogen (secondary N) is 3. The van der Waals surface area contributed by atoms with Crippen LogP contribution in [0, 0.1) is 11.3 Å². The number of anilines is 1. The fourth-order valence-corrected chi connectivity index (χ4v) is 3.69. The minimum absolute atomic E-state index is 0.0169. The highest BCUT2D eigenvalue weighted by Crippen LogP contribution is 2.30. The van der Waals surface area contributed by atoms with Crippen molar-refractivity contribution >= 4 is 28.9 Å². The van der Waals surface area contributed by atoms with E-state index in [-0.39, 0.29) is 18.4 Å². The zero-order valence-corrected chi connectivity index (χ0v) is 18.0. The molecule has 30 heavy (non-hydrogen) atoms. The average molecular weight is 421 g/mol. The van der Waals surface area contributed by atoms with Crippen LogP contribution in [0.15, 0.2) is 59.8 Å². The number of carbonyl (C=O) groups is 1. The van der Waals surface area contributed by atoms with Gasteiger partial charge in [0.15, 0.2) is 11.7 Å². The Morgan fingerprint density at radius 1 is 1.23 bits per heavy atom. The van der Waals surface area contributed by atoms with Gasteiger partial charge >= 0.3 is 0 Å². The molecule has 1 aliphatic heterocycles. The van der Waals surface area contributed by atoms with E-state index in [2.05, 4.69) is 29.8 Å². The van der Waals surface area contributed by atoms with Crippen LogP contribution in [0.2, 0.25) is 0 Å². The van der Waals surface area contributed by atoms with Crippen LogP contribution in [-0.4, -0.2) is 17.6 Å². The van der Waals surface area contributed by atoms with E-state index in [1.165, 1.54) is 0 Å². The van der Waals surface area contributed by atoms with Gasteiger partial charge in [-0.1, -0.05) is 44.2 Å². The molecule has 0 saturated heterocycles. The van der Waals surface area contributed by atoms with Crippen molar-refractivity contribution < 1.29 is 9.53 Å². The number of nitrogens with zero attached hydrogens (tertiary/aromatic N) is 1. The number of rotatable bonds is 6. The SMILES string of the molecule is CC1=C(C(=O)Nc2ccccc2C(C)C)[C@@H](c2ccc(OCC#N)cc2)NC(=S)N1. The van der Waals surface area contributed by atoms with E-state index in [1.807, 2.05) is 49.4 Å². The van der Waals surface area contributed by atoms with E-state index >= 15 is 0 Å². The topological polar surface area (TPSA) is 86.2 Å². The molecule has 0 spiro atoms. The summed E-state index contributed by atoms with van der Waals surface area (Å²) in [5.41, 5.74) is 4.00. The Kier molecular flexibility index (Phi) is 6.70. The third-order valence-electron chi connectivity index (χ3n) is 4.86. The molecule has 3 N–H and O–H groups in total. The Bertz CT molecular complexity index is 1020. The second-order valence-corrected chi connectivity index (χ2v) is 7.69. The van der Waals surface area contributed by atoms with E-state index in [1.54, 1.807) is 12.1 Å². The van der Waals surface area contributed by atoms with Gasteiger partial charge in [-0.25, -0.2) is 0 Å². The number of hydrogen-bond donors (Lipinski definition) is 3. The Labute approximate surface area is 181 Å². The first-order chi connectivity index (χ1) is 14.4. The maximum absolute atomic E-state index is 13.3. The molecule has 0 saturated carbocycles. The average Bonchev–Trinajstić information content (AvgIpc) is 2.72. The summed E-state index contributed by atoms with van der Waals surface area (Å²) in [5.74, 6) is 0.677. The van der Waals surface area contributed by atoms with Crippen LogP contribution in [-0.2, 0) is 4.79 Å². The summed E-state index contributed by atoms with van der Waals surface area (Å²) in [7, 11) is 0. The number of carbonyl (C=O) groups excluding carboxylic acids is 1. The van der Waals surface area contributed by atoms with Gasteiger partial charge in [0.2, 0.25) is 0 Å². The smallest absolute Gasteiger partial charge is 0.255 e. The number of allylic oxidation sites excluding steroid dienone is 1. The van der Waals surface area contributed by atoms with Crippen LogP contribution in [0.25, 0.3) is 0 Å². The summed E-state index contributed by atoms with van der Waals surface area (Å²) in [6.45, 7) is 6.01. The molecule has 1 aliphatic rings. The zero-order valence-electron chi connectivity index (χ0n) is 17.2. The van der Waals surface area contributed by atoms with Crippen LogP contribution in [0.1, 0.15) is 43.9 Å². The lowest BCUT2D eigenvalue weighted by atomic mass is 9.94. The molecule has 0 radical (unpaired) electrons. The number of para-hydroxylation sites is 1. The Balaban J connectivity index is 1.90. The van der Waals surface area contributed by atoms with E-state index in [4.69, 9.17) is 22.2 Å². The predicted molar refractivity (Wildman–Crippen MR) is 121 cm³/mol. The molecule has 0 fully saturated rings. The standard InChI is InChI=1S/C23H24N4O2S/c1-14(2)18-6-4-5-7-19(18)26-22(28)20-15(3)25-23(30)27-21(20)16-8-10-17(11-9-16)29-13-12-24/h4-11,14,21H,13H2,1-3H3,(H,26,28)(H2,25,27,30)/t21-/m1/s1. The first-order valence-electron chi connectivity index (χ1n) is 9.69. The minimum atomic E-state index is -0.407. The molecule has 6 nitrogen and oxygen atoms in total. The van der Waals surface area contributed by atoms with Gasteiger partial charge in [0.1, 0.15) is 11.8 Å². The molecule has 2 aromatic carbocycles. The largest absolute Gasteiger partial charge is 0.479 e. The van der Waals surface area contributed by atoms with Crippen LogP contribution in [0.4, 0.5) is 5.69 Å². The molecule has 1 amide bonds. The molecule has 0 aromatic heterocycles. The normalized spacial score (nSPS) is 15.8. The predicted octanol–water partition coefficient (Wildman–Crippen LogP) is 4.14. The molecule has 1 atom stereocenters. The van der Waals surface area contributed by atoms with Gasteiger partial charge in [-0.05, 0) is 54.4 Å². The van der Waals surface area contributed by atoms with Gasteiger partial charge in [-0.3, -0.25) is 4.79 Å². The number of ether oxygens (including phenoxy) is 1. The van der Waals surface area contributed by atoms with Gasteiger partial charge in [0.05, 0.1) is 11.6 Å². The molecular weight excluding hydrogens is 396 g/mol. The number of thiocarbonyl (C=S) groups is 1. The van der Waals surface area contributed by atoms with Crippen molar-refractivity contribution in [3.05, 3.63) is 70.9 Å². The van der Waals surface area contributed by atoms with E-state index in [9.17, 15) is 4.79 Å². The van der Waals surface area contributed by atoms with Crippen LogP contribution < -0.4 is 20.7 Å². The maximum atomic E-state index is 13.3. The van der Waals surface area contributed by atoms with E-state index in [0.29, 0.717) is 22.1 Å². The number of amides is 1. The number of nitriles is 1. The Morgan fingerprint density at radius 2 is 1.93 bits per heavy atom. The highest BCUT2D eigenvalue weighted by molar-refractivity contribution is 7.80. The van der Waals surface area contributed by atoms with Gasteiger partial charge < -0.3 is 20.7 Å². The molecule has 2 aromatic rings. The summed E-state index contributed by atoms with van der Waals surface area (Å²) in [6.07, 6.45) is 0. The van der Waals surface area contributed by atoms with Crippen molar-refractivity contribution in [2.24, 2.45) is 0 Å². The van der Waals surface area contributed by atoms with E-state index in [0.717, 1.165) is 16.8 Å². The molecule has 154 valence electrons. The lowest BCUT2D eigenvalue weighted by Gasteiger charge is -2.30. The van der Waals surface area contributed by atoms with Crippen molar-refractivity contribution in [3.8, 4) is 11.8 Å². The fourth-order valence-electron chi connectivity index (χ4n) is 3.42. The fraction of sp³-hybridized carbons (Fsp3) is 0.261. The monoisotopic (exact) mass is 420 g/mol. The van der Waals surface area contributed by atoms with Crippen molar-refractivity contribution in [2.45, 2.75) is 32.7 Å². The van der Waals surface area contributed by atoms with Crippen molar-refractivity contribution in [3.63, 3.8) is 0 Å². The van der Waals surface area contributed by atoms with Gasteiger partial charge in [0.25, 0.3) is 5.91 Å². The van der Waals surface area contributed by atoms with Crippen molar-refractivity contribution in [2.75, 3.05) is 11.9 Å². The second-order valence-electron chi connectivity index (χ2n) is 7.28. The first-order valence-corrected chi connectivity index (χ1v) is 10.1. The van der Waals surface area contributed by atoms with Gasteiger partial charge in [-0.2, -0.15) is 5.26 Å². The molecule has 7 heteroatoms. The Hall–Kier alpha value is -3.37. The summed E-state index contributed by atoms with van der Waals surface area (Å²) in [4.78, 5) is 13.3. The number of benzene rings is 2. The molecule has 0 unspecified atom stereocenters. The Morgan fingerprint density at radius 3 is 2.60 bits per heavy atom. The summed E-state index contributed by atoms with van der Waals surface area (Å²) in [6, 6.07) is 16.6. The third-order valence-corrected chi connectivity index (χ3v) is 5.08. The van der Waals surface area contributed by atoms with Crippen molar-refractivity contribution in [1.29, 1.82) is 5.26 Å². The van der Waals surface area contributed by atoms with Crippen LogP contribution >= 0.6 is 12.2 Å². The molecular formula is C23H24N4O2S. The molecule has 1 heterocycles. The van der Waals surface area contributed by atoms with E-state index < -0.39 is 6.04 Å². The summed E-state index contributed by atoms with van der Waals surface area (Å²) >= 11 is 5.32. The van der Waals surface area contributed by atoms with Gasteiger partial charge in [0, 0.05) is 11.4 Å². The minimum Gasteiger partial charge on any atom is -0.479 e. The molecule has 0 aliphatic carbocycles. The maximum Gasteiger partial charge on any atom is 0.255 e. The highest BCUT2D eigenvalue weighted by Gasteiger charge is 2.30. The van der Waals surface area contributed by atoms with Crippen LogP contribution in [0.5, 0.6) is 5.75 Å². The summed E-state index contributed by atoms with van der Waals surface area (Å²) in [5, 5.41) is 18.4. The lowest BCUT2D eigenvalue weighted by molar-refractivity contribution is -0.113. The third kappa shape index (κ3) is 4.78. The number of hydrogen-bond acceptors (Lipinski definition) is 4. The molecule has 3 rings (SSSR count).